The summed E-state index contributed by atoms with van der Waals surface area (Å²) in [7, 11) is 0. The first-order valence-corrected chi connectivity index (χ1v) is 4.05. The standard InChI is InChI=1S/C6H12N2S/c1-3-6(9-2)8-5-4-7/h4-5H,3,7H2,1-2H3/b5-4-,8-6?. The van der Waals surface area contributed by atoms with E-state index in [1.54, 1.807) is 18.0 Å². The molecule has 52 valence electrons. The molecule has 0 aliphatic heterocycles. The topological polar surface area (TPSA) is 38.4 Å². The van der Waals surface area contributed by atoms with Crippen LogP contribution in [0.15, 0.2) is 17.4 Å². The number of nitrogens with zero attached hydrogens (tertiary/aromatic N) is 1. The van der Waals surface area contributed by atoms with Gasteiger partial charge < -0.3 is 5.73 Å². The third-order valence-corrected chi connectivity index (χ3v) is 1.71. The molecule has 3 heteroatoms. The fourth-order valence-electron chi connectivity index (χ4n) is 0.414. The summed E-state index contributed by atoms with van der Waals surface area (Å²) in [5, 5.41) is 1.11. The highest BCUT2D eigenvalue weighted by molar-refractivity contribution is 8.13. The number of rotatable bonds is 2. The van der Waals surface area contributed by atoms with E-state index in [0.29, 0.717) is 0 Å². The third-order valence-electron chi connectivity index (χ3n) is 0.843. The van der Waals surface area contributed by atoms with Gasteiger partial charge in [0.15, 0.2) is 0 Å². The SMILES string of the molecule is CCC(=N/C=C\N)SC. The van der Waals surface area contributed by atoms with Crippen LogP contribution in [0.25, 0.3) is 0 Å². The molecule has 9 heavy (non-hydrogen) atoms. The molecule has 0 spiro atoms. The Bertz CT molecular complexity index is 112. The molecule has 0 aromatic carbocycles. The van der Waals surface area contributed by atoms with Crippen LogP contribution in [0.4, 0.5) is 0 Å². The second-order valence-corrected chi connectivity index (χ2v) is 2.30. The van der Waals surface area contributed by atoms with Crippen molar-refractivity contribution < 1.29 is 0 Å². The highest BCUT2D eigenvalue weighted by Crippen LogP contribution is 2.01. The van der Waals surface area contributed by atoms with Crippen molar-refractivity contribution in [2.24, 2.45) is 10.7 Å². The number of nitrogens with two attached hydrogens (primary N) is 1. The van der Waals surface area contributed by atoms with Gasteiger partial charge in [0.05, 0.1) is 5.04 Å². The van der Waals surface area contributed by atoms with E-state index in [1.807, 2.05) is 6.26 Å². The van der Waals surface area contributed by atoms with Crippen LogP contribution >= 0.6 is 11.8 Å². The molecule has 0 radical (unpaired) electrons. The minimum absolute atomic E-state index is 0.978. The third kappa shape index (κ3) is 4.09. The summed E-state index contributed by atoms with van der Waals surface area (Å²) in [6, 6.07) is 0. The zero-order valence-electron chi connectivity index (χ0n) is 5.79. The number of aliphatic imine (C=N–C) groups is 1. The first-order valence-electron chi connectivity index (χ1n) is 2.82. The van der Waals surface area contributed by atoms with Gasteiger partial charge in [-0.05, 0) is 12.7 Å². The zero-order valence-corrected chi connectivity index (χ0v) is 6.61. The van der Waals surface area contributed by atoms with Gasteiger partial charge in [0, 0.05) is 12.4 Å². The molecule has 0 bridgehead atoms. The number of hydrogen-bond donors (Lipinski definition) is 1. The molecule has 2 nitrogen and oxygen atoms in total. The lowest BCUT2D eigenvalue weighted by molar-refractivity contribution is 1.30. The lowest BCUT2D eigenvalue weighted by Crippen LogP contribution is -1.85. The molecule has 0 aromatic rings. The minimum Gasteiger partial charge on any atom is -0.403 e. The van der Waals surface area contributed by atoms with Crippen molar-refractivity contribution in [2.45, 2.75) is 13.3 Å². The summed E-state index contributed by atoms with van der Waals surface area (Å²) in [5.74, 6) is 0. The first kappa shape index (κ1) is 8.56. The van der Waals surface area contributed by atoms with E-state index in [-0.39, 0.29) is 0 Å². The maximum atomic E-state index is 5.09. The van der Waals surface area contributed by atoms with Crippen LogP contribution < -0.4 is 5.73 Å². The van der Waals surface area contributed by atoms with Crippen molar-refractivity contribution in [1.29, 1.82) is 0 Å². The quantitative estimate of drug-likeness (QED) is 0.472. The van der Waals surface area contributed by atoms with Crippen LogP contribution in [0.3, 0.4) is 0 Å². The van der Waals surface area contributed by atoms with Crippen molar-refractivity contribution in [2.75, 3.05) is 6.26 Å². The summed E-state index contributed by atoms with van der Waals surface area (Å²) in [4.78, 5) is 4.05. The Labute approximate surface area is 60.2 Å². The maximum absolute atomic E-state index is 5.09. The molecule has 2 N–H and O–H groups in total. The van der Waals surface area contributed by atoms with Crippen molar-refractivity contribution in [3.63, 3.8) is 0 Å². The van der Waals surface area contributed by atoms with Gasteiger partial charge in [-0.2, -0.15) is 0 Å². The van der Waals surface area contributed by atoms with Crippen LogP contribution in [-0.4, -0.2) is 11.3 Å². The van der Waals surface area contributed by atoms with Gasteiger partial charge >= 0.3 is 0 Å². The van der Waals surface area contributed by atoms with Crippen molar-refractivity contribution in [3.8, 4) is 0 Å². The molecule has 0 saturated heterocycles. The van der Waals surface area contributed by atoms with E-state index in [4.69, 9.17) is 5.73 Å². The zero-order chi connectivity index (χ0) is 7.11. The van der Waals surface area contributed by atoms with E-state index < -0.39 is 0 Å². The Morgan fingerprint density at radius 2 is 2.44 bits per heavy atom. The second kappa shape index (κ2) is 5.69. The largest absolute Gasteiger partial charge is 0.403 e. The van der Waals surface area contributed by atoms with E-state index >= 15 is 0 Å². The van der Waals surface area contributed by atoms with Crippen LogP contribution in [0.2, 0.25) is 0 Å². The summed E-state index contributed by atoms with van der Waals surface area (Å²) >= 11 is 1.65. The van der Waals surface area contributed by atoms with Gasteiger partial charge in [-0.3, -0.25) is 4.99 Å². The molecule has 0 rings (SSSR count). The monoisotopic (exact) mass is 144 g/mol. The molecule has 0 fully saturated rings. The Morgan fingerprint density at radius 3 is 2.78 bits per heavy atom. The molecular weight excluding hydrogens is 132 g/mol. The van der Waals surface area contributed by atoms with Gasteiger partial charge in [-0.25, -0.2) is 0 Å². The number of thioether (sulfide) groups is 1. The van der Waals surface area contributed by atoms with Crippen molar-refractivity contribution in [1.82, 2.24) is 0 Å². The molecule has 0 unspecified atom stereocenters. The Morgan fingerprint density at radius 1 is 1.78 bits per heavy atom. The Hall–Kier alpha value is -0.440. The molecule has 0 aliphatic rings. The van der Waals surface area contributed by atoms with Crippen LogP contribution in [0, 0.1) is 0 Å². The predicted octanol–water partition coefficient (Wildman–Crippen LogP) is 1.59. The highest BCUT2D eigenvalue weighted by Gasteiger charge is 1.86. The van der Waals surface area contributed by atoms with Gasteiger partial charge in [0.25, 0.3) is 0 Å². The van der Waals surface area contributed by atoms with E-state index in [9.17, 15) is 0 Å². The van der Waals surface area contributed by atoms with E-state index in [2.05, 4.69) is 11.9 Å². The van der Waals surface area contributed by atoms with Gasteiger partial charge in [-0.1, -0.05) is 6.92 Å². The molecule has 0 atom stereocenters. The first-order chi connectivity index (χ1) is 4.35. The van der Waals surface area contributed by atoms with Crippen LogP contribution in [0.1, 0.15) is 13.3 Å². The minimum atomic E-state index is 0.978. The summed E-state index contributed by atoms with van der Waals surface area (Å²) in [6.45, 7) is 2.07. The fourth-order valence-corrected chi connectivity index (χ4v) is 0.869. The maximum Gasteiger partial charge on any atom is 0.0726 e. The van der Waals surface area contributed by atoms with Crippen LogP contribution in [0.5, 0.6) is 0 Å². The highest BCUT2D eigenvalue weighted by atomic mass is 32.2. The average molecular weight is 144 g/mol. The van der Waals surface area contributed by atoms with Crippen molar-refractivity contribution >= 4 is 16.8 Å². The predicted molar refractivity (Wildman–Crippen MR) is 44.6 cm³/mol. The summed E-state index contributed by atoms with van der Waals surface area (Å²) in [5.41, 5.74) is 5.09. The summed E-state index contributed by atoms with van der Waals surface area (Å²) < 4.78 is 0. The smallest absolute Gasteiger partial charge is 0.0726 e. The van der Waals surface area contributed by atoms with Crippen LogP contribution in [-0.2, 0) is 0 Å². The second-order valence-electron chi connectivity index (χ2n) is 1.42. The Kier molecular flexibility index (Phi) is 5.41. The summed E-state index contributed by atoms with van der Waals surface area (Å²) in [6.07, 6.45) is 6.03. The molecule has 0 amide bonds. The van der Waals surface area contributed by atoms with Gasteiger partial charge in [0.2, 0.25) is 0 Å². The lowest BCUT2D eigenvalue weighted by atomic mass is 10.5. The normalized spacial score (nSPS) is 12.9. The molecular formula is C6H12N2S. The lowest BCUT2D eigenvalue weighted by Gasteiger charge is -1.92. The van der Waals surface area contributed by atoms with E-state index in [1.165, 1.54) is 6.20 Å². The molecule has 0 saturated carbocycles. The van der Waals surface area contributed by atoms with Gasteiger partial charge in [-0.15, -0.1) is 11.8 Å². The number of hydrogen-bond acceptors (Lipinski definition) is 3. The average Bonchev–Trinajstić information content (AvgIpc) is 1.91. The molecule has 0 heterocycles. The van der Waals surface area contributed by atoms with E-state index in [0.717, 1.165) is 11.5 Å². The fraction of sp³-hybridized carbons (Fsp3) is 0.500. The van der Waals surface area contributed by atoms with Gasteiger partial charge in [0.1, 0.15) is 0 Å². The van der Waals surface area contributed by atoms with Crippen molar-refractivity contribution in [3.05, 3.63) is 12.4 Å². The molecule has 0 aliphatic carbocycles. The Balaban J connectivity index is 3.75. The molecule has 0 aromatic heterocycles.